The first-order valence-electron chi connectivity index (χ1n) is 8.16. The Morgan fingerprint density at radius 1 is 0.952 bits per heavy atom. The van der Waals surface area contributed by atoms with E-state index in [1.807, 2.05) is 0 Å². The third-order valence-corrected chi connectivity index (χ3v) is 3.19. The second-order valence-corrected chi connectivity index (χ2v) is 5.86. The Kier molecular flexibility index (Phi) is 10.1. The minimum absolute atomic E-state index is 0.664. The highest BCUT2D eigenvalue weighted by Gasteiger charge is 1.97. The van der Waals surface area contributed by atoms with Gasteiger partial charge in [0.2, 0.25) is 0 Å². The van der Waals surface area contributed by atoms with E-state index in [1.54, 1.807) is 0 Å². The summed E-state index contributed by atoms with van der Waals surface area (Å²) in [6.07, 6.45) is 2.31. The zero-order valence-electron chi connectivity index (χ0n) is 13.9. The van der Waals surface area contributed by atoms with Crippen molar-refractivity contribution >= 4 is 0 Å². The van der Waals surface area contributed by atoms with Gasteiger partial charge in [0.15, 0.2) is 0 Å². The van der Waals surface area contributed by atoms with Crippen LogP contribution in [0.1, 0.15) is 44.7 Å². The summed E-state index contributed by atoms with van der Waals surface area (Å²) in [6, 6.07) is 8.63. The van der Waals surface area contributed by atoms with Gasteiger partial charge in [0.25, 0.3) is 0 Å². The van der Waals surface area contributed by atoms with Crippen LogP contribution in [0.3, 0.4) is 0 Å². The number of ether oxygens (including phenoxy) is 2. The van der Waals surface area contributed by atoms with Crippen LogP contribution in [0.4, 0.5) is 0 Å². The molecule has 1 N–H and O–H groups in total. The van der Waals surface area contributed by atoms with Gasteiger partial charge in [0.05, 0.1) is 19.8 Å². The molecule has 120 valence electrons. The molecular formula is C18H31NO2. The fourth-order valence-electron chi connectivity index (χ4n) is 1.91. The lowest BCUT2D eigenvalue weighted by molar-refractivity contribution is 0.0397. The van der Waals surface area contributed by atoms with Crippen LogP contribution in [-0.4, -0.2) is 26.4 Å². The topological polar surface area (TPSA) is 30.5 Å². The fraction of sp³-hybridized carbons (Fsp3) is 0.667. The Hall–Kier alpha value is -0.900. The molecule has 0 bridgehead atoms. The summed E-state index contributed by atoms with van der Waals surface area (Å²) in [4.78, 5) is 0. The highest BCUT2D eigenvalue weighted by atomic mass is 16.5. The molecule has 0 unspecified atom stereocenters. The largest absolute Gasteiger partial charge is 0.379 e. The van der Waals surface area contributed by atoms with Gasteiger partial charge < -0.3 is 14.8 Å². The number of hydrogen-bond acceptors (Lipinski definition) is 3. The Morgan fingerprint density at radius 2 is 1.62 bits per heavy atom. The second-order valence-electron chi connectivity index (χ2n) is 5.86. The second kappa shape index (κ2) is 11.7. The van der Waals surface area contributed by atoms with Crippen molar-refractivity contribution in [1.29, 1.82) is 0 Å². The van der Waals surface area contributed by atoms with E-state index in [2.05, 4.69) is 50.4 Å². The molecule has 0 heterocycles. The van der Waals surface area contributed by atoms with Crippen LogP contribution in [0.5, 0.6) is 0 Å². The normalized spacial score (nSPS) is 11.2. The Balaban J connectivity index is 2.10. The Labute approximate surface area is 130 Å². The van der Waals surface area contributed by atoms with Crippen LogP contribution in [0, 0.1) is 5.92 Å². The number of rotatable bonds is 12. The van der Waals surface area contributed by atoms with Gasteiger partial charge in [-0.2, -0.15) is 0 Å². The van der Waals surface area contributed by atoms with Gasteiger partial charge in [-0.25, -0.2) is 0 Å². The van der Waals surface area contributed by atoms with Gasteiger partial charge in [-0.05, 0) is 30.0 Å². The summed E-state index contributed by atoms with van der Waals surface area (Å²) in [7, 11) is 0. The molecular weight excluding hydrogens is 262 g/mol. The first kappa shape index (κ1) is 18.1. The molecule has 3 heteroatoms. The van der Waals surface area contributed by atoms with Crippen molar-refractivity contribution in [2.75, 3.05) is 26.4 Å². The molecule has 0 aliphatic carbocycles. The highest BCUT2D eigenvalue weighted by Crippen LogP contribution is 2.06. The van der Waals surface area contributed by atoms with Crippen molar-refractivity contribution in [3.8, 4) is 0 Å². The van der Waals surface area contributed by atoms with E-state index < -0.39 is 0 Å². The van der Waals surface area contributed by atoms with E-state index in [9.17, 15) is 0 Å². The Morgan fingerprint density at radius 3 is 2.29 bits per heavy atom. The average Bonchev–Trinajstić information content (AvgIpc) is 2.47. The molecule has 0 spiro atoms. The molecule has 1 aromatic carbocycles. The van der Waals surface area contributed by atoms with Crippen LogP contribution in [0.25, 0.3) is 0 Å². The third-order valence-electron chi connectivity index (χ3n) is 3.19. The summed E-state index contributed by atoms with van der Waals surface area (Å²) in [5, 5.41) is 3.45. The quantitative estimate of drug-likeness (QED) is 0.595. The van der Waals surface area contributed by atoms with Crippen molar-refractivity contribution < 1.29 is 9.47 Å². The lowest BCUT2D eigenvalue weighted by Gasteiger charge is -2.09. The molecule has 1 aromatic rings. The maximum atomic E-state index is 5.61. The predicted molar refractivity (Wildman–Crippen MR) is 88.4 cm³/mol. The van der Waals surface area contributed by atoms with Crippen molar-refractivity contribution in [1.82, 2.24) is 5.32 Å². The molecule has 0 atom stereocenters. The molecule has 0 radical (unpaired) electrons. The van der Waals surface area contributed by atoms with Crippen molar-refractivity contribution in [2.45, 2.75) is 46.8 Å². The Bertz CT molecular complexity index is 349. The summed E-state index contributed by atoms with van der Waals surface area (Å²) >= 11 is 0. The third kappa shape index (κ3) is 9.62. The molecule has 21 heavy (non-hydrogen) atoms. The van der Waals surface area contributed by atoms with E-state index in [1.165, 1.54) is 17.5 Å². The molecule has 0 amide bonds. The van der Waals surface area contributed by atoms with Crippen LogP contribution >= 0.6 is 0 Å². The van der Waals surface area contributed by atoms with E-state index in [0.29, 0.717) is 25.7 Å². The lowest BCUT2D eigenvalue weighted by Crippen LogP contribution is -2.18. The predicted octanol–water partition coefficient (Wildman–Crippen LogP) is 3.77. The van der Waals surface area contributed by atoms with Crippen molar-refractivity contribution in [3.63, 3.8) is 0 Å². The van der Waals surface area contributed by atoms with E-state index >= 15 is 0 Å². The summed E-state index contributed by atoms with van der Waals surface area (Å²) < 4.78 is 11.1. The first-order valence-corrected chi connectivity index (χ1v) is 8.16. The van der Waals surface area contributed by atoms with Gasteiger partial charge in [-0.3, -0.25) is 0 Å². The molecule has 0 aliphatic heterocycles. The molecule has 0 aliphatic rings. The number of benzene rings is 1. The molecule has 0 saturated carbocycles. The highest BCUT2D eigenvalue weighted by molar-refractivity contribution is 5.21. The van der Waals surface area contributed by atoms with Crippen LogP contribution in [0.2, 0.25) is 0 Å². The standard InChI is InChI=1S/C18H31NO2/c1-4-5-10-20-11-12-21-15-18-8-6-17(7-9-18)14-19-13-16(2)3/h6-9,16,19H,4-5,10-15H2,1-3H3. The molecule has 3 nitrogen and oxygen atoms in total. The first-order chi connectivity index (χ1) is 10.2. The SMILES string of the molecule is CCCCOCCOCc1ccc(CNCC(C)C)cc1. The van der Waals surface area contributed by atoms with Crippen LogP contribution < -0.4 is 5.32 Å². The molecule has 1 rings (SSSR count). The van der Waals surface area contributed by atoms with Crippen molar-refractivity contribution in [2.24, 2.45) is 5.92 Å². The molecule has 0 aromatic heterocycles. The zero-order valence-corrected chi connectivity index (χ0v) is 13.9. The molecule has 0 fully saturated rings. The van der Waals surface area contributed by atoms with E-state index in [-0.39, 0.29) is 0 Å². The maximum Gasteiger partial charge on any atom is 0.0718 e. The summed E-state index contributed by atoms with van der Waals surface area (Å²) in [5.41, 5.74) is 2.54. The minimum Gasteiger partial charge on any atom is -0.379 e. The number of nitrogens with one attached hydrogen (secondary N) is 1. The minimum atomic E-state index is 0.664. The lowest BCUT2D eigenvalue weighted by atomic mass is 10.1. The van der Waals surface area contributed by atoms with Gasteiger partial charge in [0, 0.05) is 13.2 Å². The zero-order chi connectivity index (χ0) is 15.3. The smallest absolute Gasteiger partial charge is 0.0718 e. The fourth-order valence-corrected chi connectivity index (χ4v) is 1.91. The van der Waals surface area contributed by atoms with Crippen LogP contribution in [0.15, 0.2) is 24.3 Å². The number of unbranched alkanes of at least 4 members (excludes halogenated alkanes) is 1. The average molecular weight is 293 g/mol. The maximum absolute atomic E-state index is 5.61. The summed E-state index contributed by atoms with van der Waals surface area (Å²) in [5.74, 6) is 0.692. The monoisotopic (exact) mass is 293 g/mol. The number of hydrogen-bond donors (Lipinski definition) is 1. The van der Waals surface area contributed by atoms with Gasteiger partial charge in [-0.1, -0.05) is 51.5 Å². The van der Waals surface area contributed by atoms with E-state index in [4.69, 9.17) is 9.47 Å². The molecule has 0 saturated heterocycles. The van der Waals surface area contributed by atoms with E-state index in [0.717, 1.165) is 26.1 Å². The van der Waals surface area contributed by atoms with Crippen LogP contribution in [-0.2, 0) is 22.6 Å². The van der Waals surface area contributed by atoms with Gasteiger partial charge >= 0.3 is 0 Å². The summed E-state index contributed by atoms with van der Waals surface area (Å²) in [6.45, 7) is 11.5. The van der Waals surface area contributed by atoms with Crippen molar-refractivity contribution in [3.05, 3.63) is 35.4 Å². The van der Waals surface area contributed by atoms with Gasteiger partial charge in [-0.15, -0.1) is 0 Å². The van der Waals surface area contributed by atoms with Gasteiger partial charge in [0.1, 0.15) is 0 Å².